The van der Waals surface area contributed by atoms with E-state index < -0.39 is 23.9 Å². The maximum absolute atomic E-state index is 13.1. The van der Waals surface area contributed by atoms with Crippen molar-refractivity contribution in [1.29, 1.82) is 0 Å². The minimum Gasteiger partial charge on any atom is -0.475 e. The number of fused-ring (bicyclic) bond motifs is 1. The van der Waals surface area contributed by atoms with Gasteiger partial charge in [-0.15, -0.1) is 0 Å². The summed E-state index contributed by atoms with van der Waals surface area (Å²) in [6, 6.07) is 10.9. The van der Waals surface area contributed by atoms with Gasteiger partial charge in [0.2, 0.25) is 5.95 Å². The van der Waals surface area contributed by atoms with Crippen molar-refractivity contribution < 1.29 is 36.2 Å². The Bertz CT molecular complexity index is 1690. The Balaban J connectivity index is 0.000000559. The topological polar surface area (TPSA) is 94.5 Å². The van der Waals surface area contributed by atoms with E-state index >= 15 is 0 Å². The summed E-state index contributed by atoms with van der Waals surface area (Å²) in [6.07, 6.45) is -4.43. The number of carboxylic acid groups (broad SMARTS) is 1. The first-order valence-electron chi connectivity index (χ1n) is 14.5. The Labute approximate surface area is 279 Å². The second-order valence-electron chi connectivity index (χ2n) is 11.0. The van der Waals surface area contributed by atoms with E-state index in [1.165, 1.54) is 49.4 Å². The van der Waals surface area contributed by atoms with Crippen LogP contribution in [0.4, 0.5) is 43.8 Å². The molecule has 252 valence electrons. The highest BCUT2D eigenvalue weighted by atomic mass is 35.5. The van der Waals surface area contributed by atoms with Gasteiger partial charge < -0.3 is 20.2 Å². The monoisotopic (exact) mass is 720 g/mol. The lowest BCUT2D eigenvalue weighted by Crippen LogP contribution is -2.44. The molecule has 0 atom stereocenters. The normalized spacial score (nSPS) is 16.3. The summed E-state index contributed by atoms with van der Waals surface area (Å²) in [7, 11) is 0. The van der Waals surface area contributed by atoms with Gasteiger partial charge >= 0.3 is 18.3 Å². The van der Waals surface area contributed by atoms with Crippen molar-refractivity contribution in [3.8, 4) is 0 Å². The molecule has 0 saturated carbocycles. The van der Waals surface area contributed by atoms with Crippen molar-refractivity contribution in [2.24, 2.45) is 0 Å². The largest absolute Gasteiger partial charge is 0.490 e. The molecule has 17 heteroatoms. The summed E-state index contributed by atoms with van der Waals surface area (Å²) in [5, 5.41) is 12.2. The van der Waals surface area contributed by atoms with Crippen LogP contribution in [0.15, 0.2) is 42.5 Å². The third kappa shape index (κ3) is 8.75. The average Bonchev–Trinajstić information content (AvgIpc) is 3.70. The predicted molar refractivity (Wildman–Crippen MR) is 169 cm³/mol. The number of nitrogens with one attached hydrogen (secondary N) is 1. The molecule has 2 aromatic heterocycles. The van der Waals surface area contributed by atoms with Crippen LogP contribution in [0.25, 0.3) is 10.3 Å². The number of benzene rings is 2. The molecule has 0 radical (unpaired) electrons. The van der Waals surface area contributed by atoms with Crippen LogP contribution >= 0.6 is 34.5 Å². The van der Waals surface area contributed by atoms with Crippen LogP contribution in [-0.4, -0.2) is 69.3 Å². The zero-order chi connectivity index (χ0) is 33.9. The number of carboxylic acids is 1. The second-order valence-corrected chi connectivity index (χ2v) is 12.9. The molecule has 0 bridgehead atoms. The molecule has 2 fully saturated rings. The Hall–Kier alpha value is -3.40. The first-order chi connectivity index (χ1) is 22.2. The summed E-state index contributed by atoms with van der Waals surface area (Å²) in [5.41, 5.74) is 1.11. The molecule has 0 aliphatic carbocycles. The molecule has 8 nitrogen and oxygen atoms in total. The summed E-state index contributed by atoms with van der Waals surface area (Å²) < 4.78 is 71.0. The van der Waals surface area contributed by atoms with Crippen LogP contribution < -0.4 is 10.2 Å². The standard InChI is InChI=1S/C28H27Cl2F3N6S.C2HF3O2/c29-21-4-3-5-22(30)20(21)16-23-35-24-25(34-18-8-6-17(7-9-18)28(31,32)33)36-27(37-26(24)40-23)39-14-10-19(11-15-39)38-12-1-2-13-38;3-2(4,5)1(6)7/h3-9,19H,1-2,10-16H2,(H,34,36,37);(H,6,7). The number of nitrogens with zero attached hydrogens (tertiary/aromatic N) is 5. The lowest BCUT2D eigenvalue weighted by Gasteiger charge is -2.36. The summed E-state index contributed by atoms with van der Waals surface area (Å²) in [6.45, 7) is 4.03. The third-order valence-electron chi connectivity index (χ3n) is 7.80. The zero-order valence-electron chi connectivity index (χ0n) is 24.5. The number of hydrogen-bond donors (Lipinski definition) is 2. The van der Waals surface area contributed by atoms with Gasteiger partial charge in [-0.25, -0.2) is 9.78 Å². The zero-order valence-corrected chi connectivity index (χ0v) is 26.8. The first kappa shape index (κ1) is 34.9. The third-order valence-corrected chi connectivity index (χ3v) is 9.46. The van der Waals surface area contributed by atoms with Crippen LogP contribution in [0, 0.1) is 0 Å². The van der Waals surface area contributed by atoms with E-state index in [1.807, 2.05) is 0 Å². The minimum absolute atomic E-state index is 0.426. The molecule has 4 heterocycles. The fourth-order valence-electron chi connectivity index (χ4n) is 5.43. The molecule has 6 rings (SSSR count). The van der Waals surface area contributed by atoms with Crippen molar-refractivity contribution in [2.45, 2.75) is 50.5 Å². The number of anilines is 3. The molecule has 47 heavy (non-hydrogen) atoms. The highest BCUT2D eigenvalue weighted by Gasteiger charge is 2.38. The number of aliphatic carboxylic acids is 1. The van der Waals surface area contributed by atoms with Crippen molar-refractivity contribution in [2.75, 3.05) is 36.4 Å². The molecular weight excluding hydrogens is 693 g/mol. The summed E-state index contributed by atoms with van der Waals surface area (Å²) in [4.78, 5) is 28.9. The van der Waals surface area contributed by atoms with E-state index in [0.29, 0.717) is 50.3 Å². The van der Waals surface area contributed by atoms with Crippen molar-refractivity contribution >= 4 is 68.3 Å². The minimum atomic E-state index is -5.08. The van der Waals surface area contributed by atoms with E-state index in [-0.39, 0.29) is 0 Å². The van der Waals surface area contributed by atoms with E-state index in [0.717, 1.165) is 48.6 Å². The van der Waals surface area contributed by atoms with Gasteiger partial charge in [-0.1, -0.05) is 40.6 Å². The molecule has 2 saturated heterocycles. The molecule has 0 unspecified atom stereocenters. The van der Waals surface area contributed by atoms with Gasteiger partial charge in [-0.3, -0.25) is 0 Å². The summed E-state index contributed by atoms with van der Waals surface area (Å²) >= 11 is 14.3. The van der Waals surface area contributed by atoms with Crippen molar-refractivity contribution in [3.05, 3.63) is 68.6 Å². The molecule has 2 N–H and O–H groups in total. The number of piperidine rings is 1. The van der Waals surface area contributed by atoms with Crippen LogP contribution in [0.2, 0.25) is 10.0 Å². The van der Waals surface area contributed by atoms with Gasteiger partial charge in [0.25, 0.3) is 0 Å². The Kier molecular flexibility index (Phi) is 10.7. The number of likely N-dealkylation sites (tertiary alicyclic amines) is 1. The number of rotatable bonds is 6. The fraction of sp³-hybridized carbons (Fsp3) is 0.400. The van der Waals surface area contributed by atoms with Crippen molar-refractivity contribution in [3.63, 3.8) is 0 Å². The Morgan fingerprint density at radius 3 is 2.06 bits per heavy atom. The van der Waals surface area contributed by atoms with E-state index in [4.69, 9.17) is 48.1 Å². The van der Waals surface area contributed by atoms with Crippen LogP contribution in [0.1, 0.15) is 41.8 Å². The lowest BCUT2D eigenvalue weighted by molar-refractivity contribution is -0.192. The number of carbonyl (C=O) groups is 1. The Morgan fingerprint density at radius 2 is 1.51 bits per heavy atom. The van der Waals surface area contributed by atoms with Gasteiger partial charge in [0.05, 0.1) is 5.56 Å². The number of halogens is 8. The van der Waals surface area contributed by atoms with Gasteiger partial charge in [-0.05, 0) is 80.7 Å². The molecule has 2 aliphatic heterocycles. The summed E-state index contributed by atoms with van der Waals surface area (Å²) in [5.74, 6) is -1.71. The van der Waals surface area contributed by atoms with Gasteiger partial charge in [-0.2, -0.15) is 36.3 Å². The van der Waals surface area contributed by atoms with Crippen LogP contribution in [0.3, 0.4) is 0 Å². The average molecular weight is 722 g/mol. The highest BCUT2D eigenvalue weighted by molar-refractivity contribution is 7.18. The SMILES string of the molecule is FC(F)(F)c1ccc(Nc2nc(N3CCC(N4CCCC4)CC3)nc3sc(Cc4c(Cl)cccc4Cl)nc23)cc1.O=C(O)C(F)(F)F. The molecular formula is C30H28Cl2F6N6O2S. The lowest BCUT2D eigenvalue weighted by atomic mass is 10.0. The van der Waals surface area contributed by atoms with E-state index in [1.54, 1.807) is 18.2 Å². The number of thiazole rings is 1. The van der Waals surface area contributed by atoms with E-state index in [2.05, 4.69) is 15.1 Å². The Morgan fingerprint density at radius 1 is 0.915 bits per heavy atom. The first-order valence-corrected chi connectivity index (χ1v) is 16.1. The maximum Gasteiger partial charge on any atom is 0.490 e. The quantitative estimate of drug-likeness (QED) is 0.192. The molecule has 4 aromatic rings. The predicted octanol–water partition coefficient (Wildman–Crippen LogP) is 8.44. The number of alkyl halides is 6. The fourth-order valence-corrected chi connectivity index (χ4v) is 6.90. The van der Waals surface area contributed by atoms with Crippen LogP contribution in [0.5, 0.6) is 0 Å². The molecule has 0 spiro atoms. The molecule has 2 aliphatic rings. The van der Waals surface area contributed by atoms with E-state index in [9.17, 15) is 26.3 Å². The molecule has 2 aromatic carbocycles. The number of aromatic nitrogens is 3. The van der Waals surface area contributed by atoms with Gasteiger partial charge in [0, 0.05) is 41.3 Å². The van der Waals surface area contributed by atoms with Gasteiger partial charge in [0.15, 0.2) is 10.6 Å². The number of hydrogen-bond acceptors (Lipinski definition) is 8. The van der Waals surface area contributed by atoms with Crippen molar-refractivity contribution in [1.82, 2.24) is 19.9 Å². The second kappa shape index (κ2) is 14.4. The maximum atomic E-state index is 13.1. The van der Waals surface area contributed by atoms with Crippen LogP contribution in [-0.2, 0) is 17.4 Å². The van der Waals surface area contributed by atoms with Gasteiger partial charge in [0.1, 0.15) is 10.5 Å². The highest BCUT2D eigenvalue weighted by Crippen LogP contribution is 2.35. The smallest absolute Gasteiger partial charge is 0.475 e. The molecule has 0 amide bonds.